The molecule has 0 aromatic rings. The highest BCUT2D eigenvalue weighted by Crippen LogP contribution is 1.81. The summed E-state index contributed by atoms with van der Waals surface area (Å²) in [6, 6.07) is 0. The van der Waals surface area contributed by atoms with Gasteiger partial charge in [-0.15, -0.1) is 13.2 Å². The summed E-state index contributed by atoms with van der Waals surface area (Å²) in [5, 5.41) is 5.64. The zero-order valence-electron chi connectivity index (χ0n) is 9.13. The Morgan fingerprint density at radius 2 is 2.07 bits per heavy atom. The fourth-order valence-corrected chi connectivity index (χ4v) is 0.882. The highest BCUT2D eigenvalue weighted by Gasteiger charge is 1.97. The lowest BCUT2D eigenvalue weighted by atomic mass is 10.4. The molecule has 4 nitrogen and oxygen atoms in total. The molecule has 0 aliphatic heterocycles. The largest absolute Gasteiger partial charge is 0.379 e. The van der Waals surface area contributed by atoms with E-state index in [1.807, 2.05) is 0 Å². The highest BCUT2D eigenvalue weighted by molar-refractivity contribution is 5.77. The molecule has 0 aliphatic carbocycles. The molecule has 0 bridgehead atoms. The van der Waals surface area contributed by atoms with Gasteiger partial charge < -0.3 is 15.4 Å². The molecule has 0 unspecified atom stereocenters. The molecule has 0 radical (unpaired) electrons. The molecule has 0 saturated carbocycles. The van der Waals surface area contributed by atoms with Gasteiger partial charge in [0.05, 0.1) is 19.8 Å². The second kappa shape index (κ2) is 10.9. The quantitative estimate of drug-likeness (QED) is 0.409. The Balaban J connectivity index is 3.16. The molecule has 1 amide bonds. The van der Waals surface area contributed by atoms with Crippen molar-refractivity contribution in [2.45, 2.75) is 6.42 Å². The smallest absolute Gasteiger partial charge is 0.234 e. The van der Waals surface area contributed by atoms with Crippen LogP contribution >= 0.6 is 0 Å². The third kappa shape index (κ3) is 10.8. The summed E-state index contributed by atoms with van der Waals surface area (Å²) < 4.78 is 5.23. The van der Waals surface area contributed by atoms with E-state index in [-0.39, 0.29) is 5.91 Å². The molecule has 86 valence electrons. The van der Waals surface area contributed by atoms with Gasteiger partial charge in [-0.2, -0.15) is 0 Å². The topological polar surface area (TPSA) is 50.4 Å². The first-order valence-electron chi connectivity index (χ1n) is 5.08. The lowest BCUT2D eigenvalue weighted by Gasteiger charge is -2.05. The van der Waals surface area contributed by atoms with Crippen molar-refractivity contribution in [3.8, 4) is 0 Å². The van der Waals surface area contributed by atoms with Gasteiger partial charge in [0.2, 0.25) is 5.91 Å². The van der Waals surface area contributed by atoms with Crippen LogP contribution < -0.4 is 10.6 Å². The van der Waals surface area contributed by atoms with Gasteiger partial charge in [-0.3, -0.25) is 4.79 Å². The van der Waals surface area contributed by atoms with Crippen LogP contribution in [0.15, 0.2) is 25.3 Å². The van der Waals surface area contributed by atoms with E-state index in [1.165, 1.54) is 0 Å². The number of carbonyl (C=O) groups is 1. The number of ether oxygens (including phenoxy) is 1. The predicted molar refractivity (Wildman–Crippen MR) is 61.7 cm³/mol. The van der Waals surface area contributed by atoms with Crippen LogP contribution in [0.25, 0.3) is 0 Å². The summed E-state index contributed by atoms with van der Waals surface area (Å²) >= 11 is 0. The van der Waals surface area contributed by atoms with Gasteiger partial charge in [0.1, 0.15) is 0 Å². The van der Waals surface area contributed by atoms with Crippen molar-refractivity contribution in [2.75, 3.05) is 32.8 Å². The standard InChI is InChI=1S/C11H20N2O2/c1-3-5-8-15-9-7-13-11(14)10-12-6-4-2/h3-4,12H,1-2,5-10H2,(H,13,14). The van der Waals surface area contributed by atoms with Gasteiger partial charge in [-0.1, -0.05) is 12.2 Å². The van der Waals surface area contributed by atoms with E-state index in [9.17, 15) is 4.79 Å². The Morgan fingerprint density at radius 1 is 1.27 bits per heavy atom. The highest BCUT2D eigenvalue weighted by atomic mass is 16.5. The van der Waals surface area contributed by atoms with E-state index in [0.29, 0.717) is 32.8 Å². The summed E-state index contributed by atoms with van der Waals surface area (Å²) in [7, 11) is 0. The predicted octanol–water partition coefficient (Wildman–Crippen LogP) is 0.471. The molecule has 0 atom stereocenters. The normalized spacial score (nSPS) is 9.60. The maximum Gasteiger partial charge on any atom is 0.234 e. The van der Waals surface area contributed by atoms with Crippen LogP contribution in [-0.4, -0.2) is 38.8 Å². The van der Waals surface area contributed by atoms with Crippen LogP contribution in [0.2, 0.25) is 0 Å². The number of hydrogen-bond donors (Lipinski definition) is 2. The van der Waals surface area contributed by atoms with Crippen LogP contribution in [-0.2, 0) is 9.53 Å². The molecule has 0 heterocycles. The lowest BCUT2D eigenvalue weighted by molar-refractivity contribution is -0.120. The molecular formula is C11H20N2O2. The minimum Gasteiger partial charge on any atom is -0.379 e. The molecule has 0 fully saturated rings. The summed E-state index contributed by atoms with van der Waals surface area (Å²) in [5.74, 6) is -0.0239. The van der Waals surface area contributed by atoms with Gasteiger partial charge >= 0.3 is 0 Å². The molecular weight excluding hydrogens is 192 g/mol. The third-order valence-electron chi connectivity index (χ3n) is 1.61. The van der Waals surface area contributed by atoms with Gasteiger partial charge in [-0.05, 0) is 6.42 Å². The Kier molecular flexibility index (Phi) is 10.1. The minimum absolute atomic E-state index is 0.0239. The van der Waals surface area contributed by atoms with E-state index in [0.717, 1.165) is 6.42 Å². The molecule has 0 rings (SSSR count). The zero-order valence-corrected chi connectivity index (χ0v) is 9.13. The van der Waals surface area contributed by atoms with Crippen molar-refractivity contribution in [3.05, 3.63) is 25.3 Å². The molecule has 15 heavy (non-hydrogen) atoms. The lowest BCUT2D eigenvalue weighted by Crippen LogP contribution is -2.35. The monoisotopic (exact) mass is 212 g/mol. The van der Waals surface area contributed by atoms with Gasteiger partial charge in [0, 0.05) is 13.1 Å². The fraction of sp³-hybridized carbons (Fsp3) is 0.545. The van der Waals surface area contributed by atoms with E-state index >= 15 is 0 Å². The van der Waals surface area contributed by atoms with Crippen LogP contribution in [0.1, 0.15) is 6.42 Å². The van der Waals surface area contributed by atoms with Gasteiger partial charge in [-0.25, -0.2) is 0 Å². The number of carbonyl (C=O) groups excluding carboxylic acids is 1. The second-order valence-corrected chi connectivity index (χ2v) is 2.96. The summed E-state index contributed by atoms with van der Waals surface area (Å²) in [5.41, 5.74) is 0. The first kappa shape index (κ1) is 13.9. The maximum atomic E-state index is 11.1. The number of hydrogen-bond acceptors (Lipinski definition) is 3. The van der Waals surface area contributed by atoms with E-state index < -0.39 is 0 Å². The molecule has 0 aromatic heterocycles. The van der Waals surface area contributed by atoms with Gasteiger partial charge in [0.15, 0.2) is 0 Å². The van der Waals surface area contributed by atoms with Crippen LogP contribution in [0.4, 0.5) is 0 Å². The van der Waals surface area contributed by atoms with Crippen molar-refractivity contribution in [1.29, 1.82) is 0 Å². The maximum absolute atomic E-state index is 11.1. The second-order valence-electron chi connectivity index (χ2n) is 2.96. The Bertz CT molecular complexity index is 193. The summed E-state index contributed by atoms with van der Waals surface area (Å²) in [4.78, 5) is 11.1. The number of amides is 1. The van der Waals surface area contributed by atoms with Crippen molar-refractivity contribution in [1.82, 2.24) is 10.6 Å². The Hall–Kier alpha value is -1.13. The Morgan fingerprint density at radius 3 is 2.73 bits per heavy atom. The third-order valence-corrected chi connectivity index (χ3v) is 1.61. The SMILES string of the molecule is C=CCCOCCNC(=O)CNCC=C. The van der Waals surface area contributed by atoms with Crippen molar-refractivity contribution < 1.29 is 9.53 Å². The van der Waals surface area contributed by atoms with E-state index in [4.69, 9.17) is 4.74 Å². The average molecular weight is 212 g/mol. The Labute approximate surface area is 91.4 Å². The van der Waals surface area contributed by atoms with E-state index in [1.54, 1.807) is 12.2 Å². The molecule has 0 saturated heterocycles. The molecule has 2 N–H and O–H groups in total. The van der Waals surface area contributed by atoms with Crippen LogP contribution in [0.3, 0.4) is 0 Å². The van der Waals surface area contributed by atoms with Crippen molar-refractivity contribution >= 4 is 5.91 Å². The molecule has 0 spiro atoms. The molecule has 0 aliphatic rings. The van der Waals surface area contributed by atoms with Crippen molar-refractivity contribution in [2.24, 2.45) is 0 Å². The van der Waals surface area contributed by atoms with Gasteiger partial charge in [0.25, 0.3) is 0 Å². The zero-order chi connectivity index (χ0) is 11.4. The van der Waals surface area contributed by atoms with Crippen molar-refractivity contribution in [3.63, 3.8) is 0 Å². The van der Waals surface area contributed by atoms with Crippen LogP contribution in [0.5, 0.6) is 0 Å². The first-order chi connectivity index (χ1) is 7.31. The summed E-state index contributed by atoms with van der Waals surface area (Å²) in [6.07, 6.45) is 4.36. The van der Waals surface area contributed by atoms with E-state index in [2.05, 4.69) is 23.8 Å². The molecule has 0 aromatic carbocycles. The molecule has 4 heteroatoms. The first-order valence-corrected chi connectivity index (χ1v) is 5.08. The number of nitrogens with one attached hydrogen (secondary N) is 2. The summed E-state index contributed by atoms with van der Waals surface area (Å²) in [6.45, 7) is 9.83. The number of rotatable bonds is 10. The minimum atomic E-state index is -0.0239. The average Bonchev–Trinajstić information content (AvgIpc) is 2.23. The van der Waals surface area contributed by atoms with Crippen LogP contribution in [0, 0.1) is 0 Å². The fourth-order valence-electron chi connectivity index (χ4n) is 0.882.